The maximum absolute atomic E-state index is 13.0. The summed E-state index contributed by atoms with van der Waals surface area (Å²) in [6.07, 6.45) is 2.29. The van der Waals surface area contributed by atoms with Gasteiger partial charge in [0.15, 0.2) is 5.69 Å². The van der Waals surface area contributed by atoms with Crippen LogP contribution in [0.5, 0.6) is 0 Å². The fourth-order valence-corrected chi connectivity index (χ4v) is 2.89. The van der Waals surface area contributed by atoms with Crippen molar-refractivity contribution in [3.8, 4) is 0 Å². The topological polar surface area (TPSA) is 61.6 Å². The number of piperazine rings is 1. The fourth-order valence-electron chi connectivity index (χ4n) is 2.89. The van der Waals surface area contributed by atoms with Gasteiger partial charge in [0.1, 0.15) is 12.1 Å². The lowest BCUT2D eigenvalue weighted by molar-refractivity contribution is 0.0934. The number of benzene rings is 1. The summed E-state index contributed by atoms with van der Waals surface area (Å²) in [4.78, 5) is 20.8. The van der Waals surface area contributed by atoms with E-state index in [4.69, 9.17) is 4.42 Å². The van der Waals surface area contributed by atoms with Gasteiger partial charge in [-0.1, -0.05) is 6.92 Å². The molecule has 3 rings (SSSR count). The van der Waals surface area contributed by atoms with Crippen molar-refractivity contribution in [2.45, 2.75) is 32.9 Å². The van der Waals surface area contributed by atoms with Gasteiger partial charge >= 0.3 is 0 Å². The summed E-state index contributed by atoms with van der Waals surface area (Å²) >= 11 is 0. The van der Waals surface area contributed by atoms with E-state index in [9.17, 15) is 9.18 Å². The SMILES string of the molecule is CCC(C)NC(=O)c1coc(CN2CCN(c3ccc(F)cc3)CC2)n1. The molecule has 1 aliphatic heterocycles. The van der Waals surface area contributed by atoms with E-state index in [1.54, 1.807) is 12.1 Å². The molecular weight excluding hydrogens is 335 g/mol. The van der Waals surface area contributed by atoms with Crippen LogP contribution >= 0.6 is 0 Å². The van der Waals surface area contributed by atoms with E-state index >= 15 is 0 Å². The van der Waals surface area contributed by atoms with Crippen LogP contribution in [-0.2, 0) is 6.54 Å². The predicted octanol–water partition coefficient (Wildman–Crippen LogP) is 2.66. The van der Waals surface area contributed by atoms with E-state index in [0.29, 0.717) is 18.1 Å². The minimum atomic E-state index is -0.218. The molecule has 1 amide bonds. The van der Waals surface area contributed by atoms with Crippen molar-refractivity contribution in [2.75, 3.05) is 31.1 Å². The van der Waals surface area contributed by atoms with Crippen LogP contribution in [0, 0.1) is 5.82 Å². The van der Waals surface area contributed by atoms with Crippen LogP contribution < -0.4 is 10.2 Å². The van der Waals surface area contributed by atoms with Crippen LogP contribution in [0.2, 0.25) is 0 Å². The second kappa shape index (κ2) is 8.31. The number of amides is 1. The first-order valence-electron chi connectivity index (χ1n) is 9.03. The molecule has 7 heteroatoms. The number of carbonyl (C=O) groups excluding carboxylic acids is 1. The number of anilines is 1. The standard InChI is InChI=1S/C19H25FN4O2/c1-3-14(2)21-19(25)17-13-26-18(22-17)12-23-8-10-24(11-9-23)16-6-4-15(20)5-7-16/h4-7,13-14H,3,8-12H2,1-2H3,(H,21,25). The lowest BCUT2D eigenvalue weighted by atomic mass is 10.2. The third-order valence-electron chi connectivity index (χ3n) is 4.70. The molecule has 1 aromatic heterocycles. The summed E-state index contributed by atoms with van der Waals surface area (Å²) in [6, 6.07) is 6.70. The summed E-state index contributed by atoms with van der Waals surface area (Å²) in [5.41, 5.74) is 1.36. The van der Waals surface area contributed by atoms with Gasteiger partial charge in [0, 0.05) is 37.9 Å². The van der Waals surface area contributed by atoms with E-state index in [-0.39, 0.29) is 17.8 Å². The number of carbonyl (C=O) groups is 1. The number of hydrogen-bond donors (Lipinski definition) is 1. The van der Waals surface area contributed by atoms with Crippen LogP contribution in [-0.4, -0.2) is 48.0 Å². The molecule has 1 aromatic carbocycles. The van der Waals surface area contributed by atoms with Crippen molar-refractivity contribution in [1.29, 1.82) is 0 Å². The van der Waals surface area contributed by atoms with Crippen LogP contribution in [0.4, 0.5) is 10.1 Å². The molecule has 0 radical (unpaired) electrons. The molecule has 0 aliphatic carbocycles. The van der Waals surface area contributed by atoms with Gasteiger partial charge in [-0.3, -0.25) is 9.69 Å². The van der Waals surface area contributed by atoms with Crippen LogP contribution in [0.15, 0.2) is 34.9 Å². The van der Waals surface area contributed by atoms with E-state index in [0.717, 1.165) is 38.3 Å². The lowest BCUT2D eigenvalue weighted by Gasteiger charge is -2.35. The zero-order chi connectivity index (χ0) is 18.5. The van der Waals surface area contributed by atoms with Crippen LogP contribution in [0.25, 0.3) is 0 Å². The highest BCUT2D eigenvalue weighted by molar-refractivity contribution is 5.92. The molecule has 1 fully saturated rings. The summed E-state index contributed by atoms with van der Waals surface area (Å²) in [5, 5.41) is 2.88. The monoisotopic (exact) mass is 360 g/mol. The first-order chi connectivity index (χ1) is 12.5. The van der Waals surface area contributed by atoms with E-state index in [1.807, 2.05) is 13.8 Å². The van der Waals surface area contributed by atoms with E-state index in [2.05, 4.69) is 20.1 Å². The average Bonchev–Trinajstić information content (AvgIpc) is 3.11. The number of aromatic nitrogens is 1. The fraction of sp³-hybridized carbons (Fsp3) is 0.474. The molecule has 0 bridgehead atoms. The van der Waals surface area contributed by atoms with Gasteiger partial charge in [-0.15, -0.1) is 0 Å². The van der Waals surface area contributed by atoms with Gasteiger partial charge in [0.25, 0.3) is 5.91 Å². The quantitative estimate of drug-likeness (QED) is 0.858. The Kier molecular flexibility index (Phi) is 5.88. The van der Waals surface area contributed by atoms with Crippen molar-refractivity contribution >= 4 is 11.6 Å². The highest BCUT2D eigenvalue weighted by Gasteiger charge is 2.20. The smallest absolute Gasteiger partial charge is 0.273 e. The predicted molar refractivity (Wildman–Crippen MR) is 97.6 cm³/mol. The Morgan fingerprint density at radius 1 is 1.27 bits per heavy atom. The van der Waals surface area contributed by atoms with Crippen molar-refractivity contribution in [2.24, 2.45) is 0 Å². The number of nitrogens with one attached hydrogen (secondary N) is 1. The molecule has 1 saturated heterocycles. The second-order valence-corrected chi connectivity index (χ2v) is 6.65. The number of halogens is 1. The van der Waals surface area contributed by atoms with Gasteiger partial charge in [0.2, 0.25) is 5.89 Å². The zero-order valence-electron chi connectivity index (χ0n) is 15.2. The van der Waals surface area contributed by atoms with Gasteiger partial charge in [-0.2, -0.15) is 0 Å². The Hall–Kier alpha value is -2.41. The average molecular weight is 360 g/mol. The molecule has 2 aromatic rings. The molecule has 140 valence electrons. The molecule has 1 atom stereocenters. The van der Waals surface area contributed by atoms with Gasteiger partial charge < -0.3 is 14.6 Å². The summed E-state index contributed by atoms with van der Waals surface area (Å²) in [5.74, 6) is 0.134. The minimum Gasteiger partial charge on any atom is -0.447 e. The molecule has 1 N–H and O–H groups in total. The summed E-state index contributed by atoms with van der Waals surface area (Å²) < 4.78 is 18.5. The number of nitrogens with zero attached hydrogens (tertiary/aromatic N) is 3. The third kappa shape index (κ3) is 4.60. The second-order valence-electron chi connectivity index (χ2n) is 6.65. The first kappa shape index (κ1) is 18.4. The van der Waals surface area contributed by atoms with Crippen LogP contribution in [0.3, 0.4) is 0 Å². The Bertz CT molecular complexity index is 723. The number of rotatable bonds is 6. The van der Waals surface area contributed by atoms with Gasteiger partial charge in [0.05, 0.1) is 6.54 Å². The van der Waals surface area contributed by atoms with Gasteiger partial charge in [-0.05, 0) is 37.6 Å². The van der Waals surface area contributed by atoms with Crippen molar-refractivity contribution < 1.29 is 13.6 Å². The first-order valence-corrected chi connectivity index (χ1v) is 9.03. The highest BCUT2D eigenvalue weighted by Crippen LogP contribution is 2.18. The molecule has 1 aliphatic rings. The van der Waals surface area contributed by atoms with Crippen molar-refractivity contribution in [3.05, 3.63) is 47.9 Å². The summed E-state index contributed by atoms with van der Waals surface area (Å²) in [7, 11) is 0. The maximum Gasteiger partial charge on any atom is 0.273 e. The third-order valence-corrected chi connectivity index (χ3v) is 4.70. The molecule has 2 heterocycles. The Morgan fingerprint density at radius 2 is 1.96 bits per heavy atom. The van der Waals surface area contributed by atoms with Gasteiger partial charge in [-0.25, -0.2) is 9.37 Å². The molecule has 0 saturated carbocycles. The zero-order valence-corrected chi connectivity index (χ0v) is 15.2. The normalized spacial score (nSPS) is 16.5. The minimum absolute atomic E-state index is 0.113. The molecular formula is C19H25FN4O2. The largest absolute Gasteiger partial charge is 0.447 e. The molecule has 26 heavy (non-hydrogen) atoms. The Balaban J connectivity index is 1.50. The molecule has 6 nitrogen and oxygen atoms in total. The van der Waals surface area contributed by atoms with Crippen molar-refractivity contribution in [1.82, 2.24) is 15.2 Å². The van der Waals surface area contributed by atoms with Crippen molar-refractivity contribution in [3.63, 3.8) is 0 Å². The van der Waals surface area contributed by atoms with E-state index < -0.39 is 0 Å². The highest BCUT2D eigenvalue weighted by atomic mass is 19.1. The number of oxazole rings is 1. The van der Waals surface area contributed by atoms with Crippen LogP contribution in [0.1, 0.15) is 36.6 Å². The van der Waals surface area contributed by atoms with E-state index in [1.165, 1.54) is 18.4 Å². The number of hydrogen-bond acceptors (Lipinski definition) is 5. The Labute approximate surface area is 153 Å². The lowest BCUT2D eigenvalue weighted by Crippen LogP contribution is -2.46. The molecule has 0 spiro atoms. The Morgan fingerprint density at radius 3 is 2.62 bits per heavy atom. The summed E-state index contributed by atoms with van der Waals surface area (Å²) in [6.45, 7) is 7.97. The maximum atomic E-state index is 13.0. The molecule has 1 unspecified atom stereocenters.